The van der Waals surface area contributed by atoms with Gasteiger partial charge in [0, 0.05) is 17.6 Å². The number of carbonyl (C=O) groups excluding carboxylic acids is 1. The topological polar surface area (TPSA) is 32.3 Å². The van der Waals surface area contributed by atoms with E-state index in [0.717, 1.165) is 43.4 Å². The van der Waals surface area contributed by atoms with Gasteiger partial charge in [0.25, 0.3) is 5.91 Å². The van der Waals surface area contributed by atoms with Crippen LogP contribution in [-0.2, 0) is 0 Å². The van der Waals surface area contributed by atoms with Gasteiger partial charge in [0.1, 0.15) is 5.82 Å². The molecule has 0 aromatic heterocycles. The molecular formula is C16H22BrFN2O. The number of piperidine rings is 1. The first-order chi connectivity index (χ1) is 10.1. The van der Waals surface area contributed by atoms with E-state index in [-0.39, 0.29) is 11.5 Å². The first kappa shape index (κ1) is 16.4. The number of hydrogen-bond acceptors (Lipinski definition) is 2. The van der Waals surface area contributed by atoms with Gasteiger partial charge in [-0.1, -0.05) is 22.9 Å². The SMILES string of the molecule is CCCN(CC1CCNCC1)C(=O)c1cc(Br)ccc1F. The lowest BCUT2D eigenvalue weighted by atomic mass is 9.97. The third-order valence-electron chi connectivity index (χ3n) is 3.88. The molecule has 0 spiro atoms. The number of nitrogens with one attached hydrogen (secondary N) is 1. The summed E-state index contributed by atoms with van der Waals surface area (Å²) in [4.78, 5) is 14.4. The molecule has 1 aromatic carbocycles. The highest BCUT2D eigenvalue weighted by molar-refractivity contribution is 9.10. The fourth-order valence-corrected chi connectivity index (χ4v) is 3.11. The Hall–Kier alpha value is -0.940. The van der Waals surface area contributed by atoms with Gasteiger partial charge in [0.05, 0.1) is 5.56 Å². The molecule has 1 amide bonds. The van der Waals surface area contributed by atoms with Crippen molar-refractivity contribution in [3.8, 4) is 0 Å². The van der Waals surface area contributed by atoms with Crippen molar-refractivity contribution in [2.45, 2.75) is 26.2 Å². The number of hydrogen-bond donors (Lipinski definition) is 1. The van der Waals surface area contributed by atoms with Gasteiger partial charge >= 0.3 is 0 Å². The van der Waals surface area contributed by atoms with Crippen LogP contribution in [0.1, 0.15) is 36.5 Å². The molecule has 0 unspecified atom stereocenters. The molecule has 0 saturated carbocycles. The van der Waals surface area contributed by atoms with Crippen molar-refractivity contribution in [1.29, 1.82) is 0 Å². The van der Waals surface area contributed by atoms with Crippen molar-refractivity contribution in [2.75, 3.05) is 26.2 Å². The van der Waals surface area contributed by atoms with E-state index in [1.165, 1.54) is 6.07 Å². The van der Waals surface area contributed by atoms with Crippen molar-refractivity contribution < 1.29 is 9.18 Å². The highest BCUT2D eigenvalue weighted by atomic mass is 79.9. The first-order valence-corrected chi connectivity index (χ1v) is 8.36. The third kappa shape index (κ3) is 4.51. The molecule has 0 aliphatic carbocycles. The number of rotatable bonds is 5. The van der Waals surface area contributed by atoms with Crippen molar-refractivity contribution in [3.05, 3.63) is 34.1 Å². The highest BCUT2D eigenvalue weighted by Crippen LogP contribution is 2.20. The predicted molar refractivity (Wildman–Crippen MR) is 85.9 cm³/mol. The van der Waals surface area contributed by atoms with Crippen LogP contribution in [0, 0.1) is 11.7 Å². The van der Waals surface area contributed by atoms with Crippen molar-refractivity contribution in [2.24, 2.45) is 5.92 Å². The zero-order valence-electron chi connectivity index (χ0n) is 12.4. The molecule has 1 aliphatic heterocycles. The summed E-state index contributed by atoms with van der Waals surface area (Å²) >= 11 is 3.31. The summed E-state index contributed by atoms with van der Waals surface area (Å²) in [6, 6.07) is 4.53. The van der Waals surface area contributed by atoms with Gasteiger partial charge in [0.2, 0.25) is 0 Å². The Morgan fingerprint density at radius 2 is 2.14 bits per heavy atom. The molecule has 1 aliphatic rings. The summed E-state index contributed by atoms with van der Waals surface area (Å²) in [5, 5.41) is 3.33. The van der Waals surface area contributed by atoms with Gasteiger partial charge in [-0.2, -0.15) is 0 Å². The Balaban J connectivity index is 2.12. The van der Waals surface area contributed by atoms with Crippen LogP contribution in [0.4, 0.5) is 4.39 Å². The Labute approximate surface area is 134 Å². The van der Waals surface area contributed by atoms with E-state index in [0.29, 0.717) is 12.5 Å². The van der Waals surface area contributed by atoms with E-state index in [2.05, 4.69) is 21.2 Å². The summed E-state index contributed by atoms with van der Waals surface area (Å²) in [5.41, 5.74) is 0.159. The summed E-state index contributed by atoms with van der Waals surface area (Å²) in [6.45, 7) is 5.45. The standard InChI is InChI=1S/C16H22BrFN2O/c1-2-9-20(11-12-5-7-19-8-6-12)16(21)14-10-13(17)3-4-15(14)18/h3-4,10,12,19H,2,5-9,11H2,1H3. The number of amides is 1. The fraction of sp³-hybridized carbons (Fsp3) is 0.562. The molecule has 0 bridgehead atoms. The molecule has 1 aromatic rings. The molecule has 1 heterocycles. The molecule has 2 rings (SSSR count). The van der Waals surface area contributed by atoms with Crippen LogP contribution in [0.5, 0.6) is 0 Å². The second-order valence-corrected chi connectivity index (χ2v) is 6.48. The molecule has 21 heavy (non-hydrogen) atoms. The number of benzene rings is 1. The molecule has 0 radical (unpaired) electrons. The fourth-order valence-electron chi connectivity index (χ4n) is 2.75. The molecule has 1 fully saturated rings. The number of halogens is 2. The van der Waals surface area contributed by atoms with E-state index >= 15 is 0 Å². The lowest BCUT2D eigenvalue weighted by molar-refractivity contribution is 0.0711. The normalized spacial score (nSPS) is 16.0. The van der Waals surface area contributed by atoms with Crippen LogP contribution < -0.4 is 5.32 Å². The quantitative estimate of drug-likeness (QED) is 0.876. The second kappa shape index (κ2) is 7.90. The van der Waals surface area contributed by atoms with Gasteiger partial charge in [-0.05, 0) is 56.5 Å². The lowest BCUT2D eigenvalue weighted by Gasteiger charge is -2.30. The second-order valence-electron chi connectivity index (χ2n) is 5.57. The Kier molecular flexibility index (Phi) is 6.18. The maximum absolute atomic E-state index is 13.9. The minimum Gasteiger partial charge on any atom is -0.338 e. The van der Waals surface area contributed by atoms with E-state index in [4.69, 9.17) is 0 Å². The first-order valence-electron chi connectivity index (χ1n) is 7.57. The summed E-state index contributed by atoms with van der Waals surface area (Å²) < 4.78 is 14.6. The minimum atomic E-state index is -0.449. The summed E-state index contributed by atoms with van der Waals surface area (Å²) in [5.74, 6) is -0.138. The zero-order chi connectivity index (χ0) is 15.2. The molecule has 0 atom stereocenters. The smallest absolute Gasteiger partial charge is 0.256 e. The third-order valence-corrected chi connectivity index (χ3v) is 4.37. The van der Waals surface area contributed by atoms with Gasteiger partial charge in [-0.3, -0.25) is 4.79 Å². The number of carbonyl (C=O) groups is 1. The van der Waals surface area contributed by atoms with Crippen LogP contribution in [0.3, 0.4) is 0 Å². The molecular weight excluding hydrogens is 335 g/mol. The van der Waals surface area contributed by atoms with E-state index < -0.39 is 5.82 Å². The maximum Gasteiger partial charge on any atom is 0.256 e. The van der Waals surface area contributed by atoms with Crippen molar-refractivity contribution >= 4 is 21.8 Å². The average Bonchev–Trinajstić information content (AvgIpc) is 2.49. The molecule has 3 nitrogen and oxygen atoms in total. The minimum absolute atomic E-state index is 0.159. The molecule has 1 N–H and O–H groups in total. The van der Waals surface area contributed by atoms with Crippen molar-refractivity contribution in [1.82, 2.24) is 10.2 Å². The van der Waals surface area contributed by atoms with Crippen LogP contribution in [0.15, 0.2) is 22.7 Å². The van der Waals surface area contributed by atoms with Gasteiger partial charge in [-0.15, -0.1) is 0 Å². The monoisotopic (exact) mass is 356 g/mol. The highest BCUT2D eigenvalue weighted by Gasteiger charge is 2.23. The average molecular weight is 357 g/mol. The van der Waals surface area contributed by atoms with Crippen molar-refractivity contribution in [3.63, 3.8) is 0 Å². The Morgan fingerprint density at radius 3 is 2.81 bits per heavy atom. The maximum atomic E-state index is 13.9. The van der Waals surface area contributed by atoms with Gasteiger partial charge in [0.15, 0.2) is 0 Å². The van der Waals surface area contributed by atoms with Gasteiger partial charge in [-0.25, -0.2) is 4.39 Å². The largest absolute Gasteiger partial charge is 0.338 e. The lowest BCUT2D eigenvalue weighted by Crippen LogP contribution is -2.40. The summed E-state index contributed by atoms with van der Waals surface area (Å²) in [7, 11) is 0. The molecule has 5 heteroatoms. The van der Waals surface area contributed by atoms with Gasteiger partial charge < -0.3 is 10.2 Å². The zero-order valence-corrected chi connectivity index (χ0v) is 14.0. The Bertz CT molecular complexity index is 489. The van der Waals surface area contributed by atoms with E-state index in [9.17, 15) is 9.18 Å². The number of nitrogens with zero attached hydrogens (tertiary/aromatic N) is 1. The van der Waals surface area contributed by atoms with Crippen LogP contribution in [-0.4, -0.2) is 37.0 Å². The summed E-state index contributed by atoms with van der Waals surface area (Å²) in [6.07, 6.45) is 3.04. The van der Waals surface area contributed by atoms with E-state index in [1.807, 2.05) is 6.92 Å². The van der Waals surface area contributed by atoms with Crippen LogP contribution >= 0.6 is 15.9 Å². The van der Waals surface area contributed by atoms with E-state index in [1.54, 1.807) is 17.0 Å². The Morgan fingerprint density at radius 1 is 1.43 bits per heavy atom. The molecule has 1 saturated heterocycles. The predicted octanol–water partition coefficient (Wildman–Crippen LogP) is 3.44. The molecule has 116 valence electrons. The van der Waals surface area contributed by atoms with Crippen LogP contribution in [0.25, 0.3) is 0 Å². The van der Waals surface area contributed by atoms with Crippen LogP contribution in [0.2, 0.25) is 0 Å².